The molecule has 257 valence electrons. The minimum atomic E-state index is -2.13. The molecule has 3 nitrogen and oxygen atoms in total. The van der Waals surface area contributed by atoms with Crippen LogP contribution < -0.4 is 5.19 Å². The third-order valence-electron chi connectivity index (χ3n) is 8.43. The van der Waals surface area contributed by atoms with Gasteiger partial charge in [-0.3, -0.25) is 0 Å². The van der Waals surface area contributed by atoms with E-state index in [1.165, 1.54) is 11.3 Å². The number of rotatable bonds is 7. The zero-order chi connectivity index (χ0) is 40.8. The summed E-state index contributed by atoms with van der Waals surface area (Å²) < 4.78 is 62.7. The second-order valence-electron chi connectivity index (χ2n) is 13.7. The maximum atomic E-state index is 8.67. The molecule has 0 aliphatic heterocycles. The van der Waals surface area contributed by atoms with Crippen molar-refractivity contribution in [3.8, 4) is 22.5 Å². The third kappa shape index (κ3) is 8.41. The molecule has 3 aromatic heterocycles. The molecule has 5 heteroatoms. The number of hydrogen-bond donors (Lipinski definition) is 0. The number of furan rings is 1. The van der Waals surface area contributed by atoms with Crippen LogP contribution in [0.3, 0.4) is 0 Å². The first-order valence-corrected chi connectivity index (χ1v) is 20.0. The van der Waals surface area contributed by atoms with Crippen molar-refractivity contribution in [1.82, 2.24) is 9.97 Å². The van der Waals surface area contributed by atoms with Crippen LogP contribution in [0.2, 0.25) is 19.6 Å². The predicted octanol–water partition coefficient (Wildman–Crippen LogP) is 11.7. The largest absolute Gasteiger partial charge is 0.501 e. The van der Waals surface area contributed by atoms with Crippen molar-refractivity contribution in [2.24, 2.45) is 0 Å². The Balaban J connectivity index is 0.000000223. The van der Waals surface area contributed by atoms with Gasteiger partial charge in [-0.05, 0) is 58.0 Å². The summed E-state index contributed by atoms with van der Waals surface area (Å²) in [6.45, 7) is 12.1. The number of nitrogens with zero attached hydrogens (tertiary/aromatic N) is 2. The van der Waals surface area contributed by atoms with Crippen molar-refractivity contribution < 1.29 is 34.1 Å². The molecule has 0 N–H and O–H groups in total. The van der Waals surface area contributed by atoms with Gasteiger partial charge in [0.05, 0.1) is 13.7 Å². The van der Waals surface area contributed by atoms with Gasteiger partial charge in [-0.2, -0.15) is 0 Å². The first kappa shape index (κ1) is 28.5. The summed E-state index contributed by atoms with van der Waals surface area (Å²) in [5.41, 5.74) is 7.45. The van der Waals surface area contributed by atoms with Gasteiger partial charge in [0.1, 0.15) is 5.58 Å². The minimum absolute atomic E-state index is 0. The molecule has 3 heterocycles. The van der Waals surface area contributed by atoms with E-state index in [-0.39, 0.29) is 25.7 Å². The zero-order valence-electron chi connectivity index (χ0n) is 36.5. The molecule has 7 rings (SSSR count). The number of fused-ring (bicyclic) bond motifs is 3. The Bertz CT molecular complexity index is 2500. The fourth-order valence-corrected chi connectivity index (χ4v) is 7.36. The number of hydrogen-bond acceptors (Lipinski definition) is 3. The van der Waals surface area contributed by atoms with Crippen LogP contribution in [0.15, 0.2) is 114 Å². The van der Waals surface area contributed by atoms with E-state index in [2.05, 4.69) is 41.7 Å². The van der Waals surface area contributed by atoms with E-state index in [0.29, 0.717) is 28.0 Å². The Hall–Kier alpha value is -4.15. The fourth-order valence-electron chi connectivity index (χ4n) is 5.77. The molecule has 4 aromatic carbocycles. The van der Waals surface area contributed by atoms with Crippen molar-refractivity contribution in [1.29, 1.82) is 0 Å². The summed E-state index contributed by atoms with van der Waals surface area (Å²) in [7, 11) is -1.61. The monoisotopic (exact) mass is 858 g/mol. The van der Waals surface area contributed by atoms with Crippen molar-refractivity contribution >= 4 is 35.2 Å². The molecule has 0 saturated carbocycles. The SMILES string of the molecule is [2H]C(C)(C)c1ccnc(-c2[c-]ccc3c2oc2cc(C([2H])([2H])c4ccccc4)ccc23)c1.[2H]C([2H])([2H])c1c[c-]c(-c2cc(C([2H])(C)C)c([Si](C)(C)C)cn2)cc1.[Ir]. The third-order valence-corrected chi connectivity index (χ3v) is 10.4. The molecule has 0 aliphatic carbocycles. The van der Waals surface area contributed by atoms with Gasteiger partial charge in [0.15, 0.2) is 0 Å². The van der Waals surface area contributed by atoms with E-state index in [1.54, 1.807) is 36.5 Å². The summed E-state index contributed by atoms with van der Waals surface area (Å²) in [5, 5.41) is 3.03. The van der Waals surface area contributed by atoms with Crippen molar-refractivity contribution in [2.75, 3.05) is 0 Å². The number of aryl methyl sites for hydroxylation is 1. The Kier molecular flexibility index (Phi) is 9.02. The van der Waals surface area contributed by atoms with Crippen LogP contribution >= 0.6 is 0 Å². The van der Waals surface area contributed by atoms with Gasteiger partial charge < -0.3 is 14.4 Å². The van der Waals surface area contributed by atoms with E-state index >= 15 is 0 Å². The fraction of sp³-hybridized carbons (Fsp3) is 0.244. The predicted molar refractivity (Wildman–Crippen MR) is 209 cm³/mol. The van der Waals surface area contributed by atoms with E-state index in [0.717, 1.165) is 38.7 Å². The molecule has 0 saturated heterocycles. The molecule has 7 aromatic rings. The van der Waals surface area contributed by atoms with E-state index < -0.39 is 33.1 Å². The van der Waals surface area contributed by atoms with Crippen LogP contribution in [0.4, 0.5) is 0 Å². The van der Waals surface area contributed by atoms with Crippen LogP contribution in [-0.2, 0) is 26.5 Å². The number of aromatic nitrogens is 2. The number of pyridine rings is 2. The number of benzene rings is 4. The van der Waals surface area contributed by atoms with Gasteiger partial charge in [-0.15, -0.1) is 53.6 Å². The van der Waals surface area contributed by atoms with Crippen LogP contribution in [0, 0.1) is 19.0 Å². The van der Waals surface area contributed by atoms with Gasteiger partial charge in [-0.1, -0.05) is 131 Å². The Morgan fingerprint density at radius 1 is 0.820 bits per heavy atom. The second kappa shape index (κ2) is 15.8. The van der Waals surface area contributed by atoms with Gasteiger partial charge in [-0.25, -0.2) is 0 Å². The molecule has 0 spiro atoms. The molecule has 0 aliphatic rings. The molecule has 0 bridgehead atoms. The molecule has 0 fully saturated rings. The summed E-state index contributed by atoms with van der Waals surface area (Å²) in [5.74, 6) is -1.46. The van der Waals surface area contributed by atoms with Crippen molar-refractivity contribution in [3.63, 3.8) is 0 Å². The summed E-state index contributed by atoms with van der Waals surface area (Å²) in [4.78, 5) is 9.07. The average Bonchev–Trinajstić information content (AvgIpc) is 3.52. The second-order valence-corrected chi connectivity index (χ2v) is 18.7. The van der Waals surface area contributed by atoms with E-state index in [9.17, 15) is 0 Å². The van der Waals surface area contributed by atoms with Gasteiger partial charge in [0, 0.05) is 47.5 Å². The zero-order valence-corrected chi connectivity index (χ0v) is 32.9. The summed E-state index contributed by atoms with van der Waals surface area (Å²) >= 11 is 0. The van der Waals surface area contributed by atoms with Gasteiger partial charge in [0.25, 0.3) is 0 Å². The summed E-state index contributed by atoms with van der Waals surface area (Å²) in [6, 6.07) is 35.3. The van der Waals surface area contributed by atoms with E-state index in [1.807, 2.05) is 94.6 Å². The van der Waals surface area contributed by atoms with Crippen LogP contribution in [0.1, 0.15) is 76.9 Å². The topological polar surface area (TPSA) is 38.9 Å². The molecular formula is C45H46IrN2OSi-2. The molecule has 0 amide bonds. The minimum Gasteiger partial charge on any atom is -0.501 e. The Morgan fingerprint density at radius 2 is 1.62 bits per heavy atom. The van der Waals surface area contributed by atoms with Gasteiger partial charge >= 0.3 is 0 Å². The Morgan fingerprint density at radius 3 is 2.30 bits per heavy atom. The van der Waals surface area contributed by atoms with Crippen molar-refractivity contribution in [2.45, 2.75) is 72.3 Å². The molecule has 50 heavy (non-hydrogen) atoms. The average molecular weight is 858 g/mol. The normalized spacial score (nSPS) is 14.5. The van der Waals surface area contributed by atoms with Crippen molar-refractivity contribution in [3.05, 3.63) is 149 Å². The molecule has 0 unspecified atom stereocenters. The van der Waals surface area contributed by atoms with Crippen LogP contribution in [0.5, 0.6) is 0 Å². The first-order valence-electron chi connectivity index (χ1n) is 20.0. The van der Waals surface area contributed by atoms with Crippen LogP contribution in [0.25, 0.3) is 44.5 Å². The van der Waals surface area contributed by atoms with E-state index in [4.69, 9.17) is 14.0 Å². The smallest absolute Gasteiger partial charge is 0.121 e. The maximum Gasteiger partial charge on any atom is 0.121 e. The van der Waals surface area contributed by atoms with Gasteiger partial charge in [0.2, 0.25) is 0 Å². The molecular weight excluding hydrogens is 805 g/mol. The first-order chi connectivity index (χ1) is 26.0. The molecule has 0 atom stereocenters. The standard InChI is InChI=1S/C27H22NO.C18H24NSi.Ir/c1-18(2)21-13-14-28-25(17-21)24-10-6-9-23-22-12-11-20(16-26(22)29-27(23)24)15-19-7-4-3-5-8-19;1-13(2)16-11-17(15-9-7-14(3)8-10-15)19-12-18(16)20(4,5)6;/h3-9,11-14,16-18H,15H2,1-2H3;7-9,11-13H,1-6H3;/q2*-1;/i15D2,18D;3D3,13D;. The maximum absolute atomic E-state index is 8.67. The Labute approximate surface area is 322 Å². The van der Waals surface area contributed by atoms with Crippen LogP contribution in [-0.4, -0.2) is 18.0 Å². The quantitative estimate of drug-likeness (QED) is 0.118. The molecule has 1 radical (unpaired) electrons. The summed E-state index contributed by atoms with van der Waals surface area (Å²) in [6.07, 6.45) is 1.96.